The summed E-state index contributed by atoms with van der Waals surface area (Å²) < 4.78 is 0. The average Bonchev–Trinajstić information content (AvgIpc) is 3.27. The lowest BCUT2D eigenvalue weighted by atomic mass is 9.71. The summed E-state index contributed by atoms with van der Waals surface area (Å²) in [5, 5.41) is 0.515. The zero-order valence-corrected chi connectivity index (χ0v) is 21.1. The van der Waals surface area contributed by atoms with Crippen LogP contribution in [0.15, 0.2) is 67.0 Å². The molecule has 6 heteroatoms. The molecule has 3 heterocycles. The summed E-state index contributed by atoms with van der Waals surface area (Å²) in [7, 11) is 0. The molecule has 36 heavy (non-hydrogen) atoms. The Kier molecular flexibility index (Phi) is 6.04. The van der Waals surface area contributed by atoms with Gasteiger partial charge in [0.15, 0.2) is 5.78 Å². The summed E-state index contributed by atoms with van der Waals surface area (Å²) in [4.78, 5) is 35.1. The van der Waals surface area contributed by atoms with Gasteiger partial charge in [-0.25, -0.2) is 0 Å². The van der Waals surface area contributed by atoms with Crippen molar-refractivity contribution >= 4 is 29.0 Å². The molecule has 0 radical (unpaired) electrons. The first kappa shape index (κ1) is 23.2. The van der Waals surface area contributed by atoms with E-state index in [1.807, 2.05) is 53.7 Å². The fourth-order valence-electron chi connectivity index (χ4n) is 6.32. The Morgan fingerprint density at radius 1 is 0.917 bits per heavy atom. The van der Waals surface area contributed by atoms with E-state index in [0.29, 0.717) is 28.0 Å². The van der Waals surface area contributed by atoms with Crippen molar-refractivity contribution in [2.45, 2.75) is 38.0 Å². The second-order valence-electron chi connectivity index (χ2n) is 10.5. The summed E-state index contributed by atoms with van der Waals surface area (Å²) >= 11 is 6.31. The Labute approximate surface area is 217 Å². The number of likely N-dealkylation sites (tertiary alicyclic amines) is 1. The number of amides is 1. The molecule has 1 amide bonds. The van der Waals surface area contributed by atoms with Crippen LogP contribution < -0.4 is 4.90 Å². The second-order valence-corrected chi connectivity index (χ2v) is 10.9. The maximum absolute atomic E-state index is 13.4. The standard InChI is InChI=1S/C30H30ClN3O2/c31-26-6-2-4-22-20-25(28(35)27(22)26)21-3-1-5-23(19-21)29(36)34-17-11-30(12-18-34)9-15-33(16-10-30)24-7-13-32-14-8-24/h1-8,13-14,19,25H,9-12,15-18,20H2. The van der Waals surface area contributed by atoms with E-state index in [0.717, 1.165) is 50.1 Å². The largest absolute Gasteiger partial charge is 0.371 e. The summed E-state index contributed by atoms with van der Waals surface area (Å²) in [5.74, 6) is -0.150. The number of pyridine rings is 1. The van der Waals surface area contributed by atoms with Gasteiger partial charge in [0.2, 0.25) is 0 Å². The van der Waals surface area contributed by atoms with Crippen LogP contribution in [0.25, 0.3) is 0 Å². The number of hydrogen-bond acceptors (Lipinski definition) is 4. The monoisotopic (exact) mass is 499 g/mol. The van der Waals surface area contributed by atoms with Crippen LogP contribution in [0.4, 0.5) is 5.69 Å². The highest BCUT2D eigenvalue weighted by atomic mass is 35.5. The number of aromatic nitrogens is 1. The smallest absolute Gasteiger partial charge is 0.253 e. The third-order valence-electron chi connectivity index (χ3n) is 8.59. The quantitative estimate of drug-likeness (QED) is 0.458. The summed E-state index contributed by atoms with van der Waals surface area (Å²) in [6, 6.07) is 17.5. The molecule has 0 N–H and O–H groups in total. The van der Waals surface area contributed by atoms with Gasteiger partial charge in [0.25, 0.3) is 5.91 Å². The molecule has 2 fully saturated rings. The van der Waals surface area contributed by atoms with Gasteiger partial charge in [-0.3, -0.25) is 14.6 Å². The van der Waals surface area contributed by atoms with Crippen molar-refractivity contribution in [3.8, 4) is 0 Å². The molecule has 1 aromatic heterocycles. The predicted molar refractivity (Wildman–Crippen MR) is 142 cm³/mol. The number of nitrogens with zero attached hydrogens (tertiary/aromatic N) is 3. The van der Waals surface area contributed by atoms with Crippen molar-refractivity contribution in [2.75, 3.05) is 31.1 Å². The Hall–Kier alpha value is -3.18. The normalized spacial score (nSPS) is 21.0. The van der Waals surface area contributed by atoms with E-state index in [1.165, 1.54) is 18.5 Å². The van der Waals surface area contributed by atoms with Gasteiger partial charge in [-0.1, -0.05) is 35.9 Å². The van der Waals surface area contributed by atoms with Crippen molar-refractivity contribution in [1.29, 1.82) is 0 Å². The van der Waals surface area contributed by atoms with Gasteiger partial charge in [-0.05, 0) is 79.0 Å². The minimum Gasteiger partial charge on any atom is -0.371 e. The Morgan fingerprint density at radius 3 is 2.33 bits per heavy atom. The maximum atomic E-state index is 13.4. The molecule has 1 unspecified atom stereocenters. The Balaban J connectivity index is 1.10. The van der Waals surface area contributed by atoms with Crippen molar-refractivity contribution in [3.05, 3.63) is 94.3 Å². The number of fused-ring (bicyclic) bond motifs is 1. The highest BCUT2D eigenvalue weighted by Gasteiger charge is 2.39. The van der Waals surface area contributed by atoms with Gasteiger partial charge in [0.1, 0.15) is 0 Å². The first-order chi connectivity index (χ1) is 17.5. The number of rotatable bonds is 3. The Bertz CT molecular complexity index is 1290. The molecule has 1 atom stereocenters. The molecule has 3 aliphatic rings. The van der Waals surface area contributed by atoms with E-state index >= 15 is 0 Å². The lowest BCUT2D eigenvalue weighted by Crippen LogP contribution is -2.48. The molecule has 0 saturated carbocycles. The first-order valence-electron chi connectivity index (χ1n) is 12.9. The lowest BCUT2D eigenvalue weighted by molar-refractivity contribution is 0.0514. The van der Waals surface area contributed by atoms with Crippen LogP contribution >= 0.6 is 11.6 Å². The fourth-order valence-corrected chi connectivity index (χ4v) is 6.61. The van der Waals surface area contributed by atoms with Crippen LogP contribution in [-0.4, -0.2) is 47.8 Å². The van der Waals surface area contributed by atoms with E-state index in [4.69, 9.17) is 11.6 Å². The van der Waals surface area contributed by atoms with Crippen LogP contribution in [0.5, 0.6) is 0 Å². The van der Waals surface area contributed by atoms with Crippen LogP contribution in [0, 0.1) is 5.41 Å². The van der Waals surface area contributed by atoms with Crippen LogP contribution in [-0.2, 0) is 6.42 Å². The average molecular weight is 500 g/mol. The van der Waals surface area contributed by atoms with Gasteiger partial charge in [-0.2, -0.15) is 0 Å². The molecule has 2 aliphatic heterocycles. The zero-order chi connectivity index (χ0) is 24.7. The first-order valence-corrected chi connectivity index (χ1v) is 13.3. The summed E-state index contributed by atoms with van der Waals surface area (Å²) in [5.41, 5.74) is 4.78. The number of Topliss-reactive ketones (excluding diaryl/α,β-unsaturated/α-hetero) is 1. The molecule has 5 nitrogen and oxygen atoms in total. The van der Waals surface area contributed by atoms with Gasteiger partial charge in [-0.15, -0.1) is 0 Å². The molecule has 184 valence electrons. The maximum Gasteiger partial charge on any atom is 0.253 e. The topological polar surface area (TPSA) is 53.5 Å². The lowest BCUT2D eigenvalue weighted by Gasteiger charge is -2.47. The third kappa shape index (κ3) is 4.20. The van der Waals surface area contributed by atoms with Gasteiger partial charge >= 0.3 is 0 Å². The van der Waals surface area contributed by atoms with Gasteiger partial charge < -0.3 is 9.80 Å². The number of anilines is 1. The second kappa shape index (κ2) is 9.36. The fraction of sp³-hybridized carbons (Fsp3) is 0.367. The van der Waals surface area contributed by atoms with Crippen molar-refractivity contribution < 1.29 is 9.59 Å². The minimum atomic E-state index is -0.275. The summed E-state index contributed by atoms with van der Waals surface area (Å²) in [6.45, 7) is 3.70. The van der Waals surface area contributed by atoms with Crippen LogP contribution in [0.1, 0.15) is 63.4 Å². The molecular formula is C30H30ClN3O2. The molecule has 1 aliphatic carbocycles. The predicted octanol–water partition coefficient (Wildman–Crippen LogP) is 5.78. The van der Waals surface area contributed by atoms with E-state index in [-0.39, 0.29) is 17.6 Å². The van der Waals surface area contributed by atoms with Gasteiger partial charge in [0.05, 0.1) is 10.9 Å². The van der Waals surface area contributed by atoms with Crippen LogP contribution in [0.2, 0.25) is 5.02 Å². The van der Waals surface area contributed by atoms with Gasteiger partial charge in [0, 0.05) is 55.4 Å². The van der Waals surface area contributed by atoms with E-state index in [2.05, 4.69) is 22.0 Å². The van der Waals surface area contributed by atoms with Crippen molar-refractivity contribution in [3.63, 3.8) is 0 Å². The zero-order valence-electron chi connectivity index (χ0n) is 20.3. The van der Waals surface area contributed by atoms with Crippen LogP contribution in [0.3, 0.4) is 0 Å². The minimum absolute atomic E-state index is 0.0539. The van der Waals surface area contributed by atoms with E-state index < -0.39 is 0 Å². The van der Waals surface area contributed by atoms with Crippen molar-refractivity contribution in [2.24, 2.45) is 5.41 Å². The highest BCUT2D eigenvalue weighted by Crippen LogP contribution is 2.42. The summed E-state index contributed by atoms with van der Waals surface area (Å²) in [6.07, 6.45) is 8.79. The van der Waals surface area contributed by atoms with E-state index in [9.17, 15) is 9.59 Å². The number of carbonyl (C=O) groups is 2. The molecule has 1 spiro atoms. The molecule has 3 aromatic rings. The molecule has 6 rings (SSSR count). The number of hydrogen-bond donors (Lipinski definition) is 0. The molecular weight excluding hydrogens is 470 g/mol. The molecule has 0 bridgehead atoms. The number of benzene rings is 2. The highest BCUT2D eigenvalue weighted by molar-refractivity contribution is 6.34. The number of piperidine rings is 2. The number of halogens is 1. The molecule has 2 aromatic carbocycles. The number of ketones is 1. The Morgan fingerprint density at radius 2 is 1.61 bits per heavy atom. The number of carbonyl (C=O) groups excluding carboxylic acids is 2. The van der Waals surface area contributed by atoms with E-state index in [1.54, 1.807) is 6.07 Å². The SMILES string of the molecule is O=C1c2c(Cl)cccc2CC1c1cccc(C(=O)N2CCC3(CC2)CCN(c2ccncc2)CC3)c1. The van der Waals surface area contributed by atoms with Crippen molar-refractivity contribution in [1.82, 2.24) is 9.88 Å². The third-order valence-corrected chi connectivity index (χ3v) is 8.90. The molecule has 2 saturated heterocycles.